The maximum Gasteiger partial charge on any atom is 0.311 e. The Morgan fingerprint density at radius 1 is 1.47 bits per heavy atom. The largest absolute Gasteiger partial charge is 0.481 e. The highest BCUT2D eigenvalue weighted by molar-refractivity contribution is 5.78. The van der Waals surface area contributed by atoms with E-state index in [1.165, 1.54) is 0 Å². The Hall–Kier alpha value is -1.88. The molecule has 0 fully saturated rings. The lowest BCUT2D eigenvalue weighted by molar-refractivity contribution is -0.136. The fourth-order valence-electron chi connectivity index (χ4n) is 1.83. The van der Waals surface area contributed by atoms with E-state index in [0.29, 0.717) is 19.0 Å². The van der Waals surface area contributed by atoms with Crippen LogP contribution in [0.1, 0.15) is 5.82 Å². The van der Waals surface area contributed by atoms with Gasteiger partial charge in [-0.2, -0.15) is 0 Å². The molecule has 0 aliphatic rings. The van der Waals surface area contributed by atoms with Crippen LogP contribution in [0.5, 0.6) is 0 Å². The molecular weight excluding hydrogens is 220 g/mol. The number of aliphatic carboxylic acids is 1. The van der Waals surface area contributed by atoms with Gasteiger partial charge in [0, 0.05) is 13.7 Å². The van der Waals surface area contributed by atoms with Crippen molar-refractivity contribution in [3.8, 4) is 0 Å². The number of fused-ring (bicyclic) bond motifs is 1. The summed E-state index contributed by atoms with van der Waals surface area (Å²) in [6.45, 7) is 1.15. The highest BCUT2D eigenvalue weighted by Gasteiger charge is 2.12. The number of para-hydroxylation sites is 2. The van der Waals surface area contributed by atoms with E-state index in [1.807, 2.05) is 28.8 Å². The minimum Gasteiger partial charge on any atom is -0.481 e. The number of methoxy groups -OCH3 is 1. The van der Waals surface area contributed by atoms with E-state index in [4.69, 9.17) is 9.84 Å². The van der Waals surface area contributed by atoms with Gasteiger partial charge in [-0.3, -0.25) is 4.79 Å². The highest BCUT2D eigenvalue weighted by Crippen LogP contribution is 2.16. The lowest BCUT2D eigenvalue weighted by atomic mass is 10.3. The second-order valence-corrected chi connectivity index (χ2v) is 3.73. The number of hydrogen-bond donors (Lipinski definition) is 1. The molecule has 0 radical (unpaired) electrons. The van der Waals surface area contributed by atoms with Gasteiger partial charge in [0.25, 0.3) is 0 Å². The Morgan fingerprint density at radius 3 is 2.94 bits per heavy atom. The summed E-state index contributed by atoms with van der Waals surface area (Å²) in [6.07, 6.45) is -0.0710. The van der Waals surface area contributed by atoms with Crippen molar-refractivity contribution in [2.45, 2.75) is 13.0 Å². The molecule has 1 aromatic carbocycles. The maximum atomic E-state index is 10.8. The summed E-state index contributed by atoms with van der Waals surface area (Å²) in [5.41, 5.74) is 1.76. The first-order valence-electron chi connectivity index (χ1n) is 5.37. The van der Waals surface area contributed by atoms with Crippen LogP contribution in [0.3, 0.4) is 0 Å². The first kappa shape index (κ1) is 11.6. The van der Waals surface area contributed by atoms with Gasteiger partial charge in [0.1, 0.15) is 12.2 Å². The standard InChI is InChI=1S/C12H14N2O3/c1-17-7-6-14-10-5-3-2-4-9(10)13-11(14)8-12(15)16/h2-5H,6-8H2,1H3,(H,15,16). The first-order valence-corrected chi connectivity index (χ1v) is 5.37. The molecule has 0 aliphatic heterocycles. The summed E-state index contributed by atoms with van der Waals surface area (Å²) >= 11 is 0. The smallest absolute Gasteiger partial charge is 0.311 e. The number of hydrogen-bond acceptors (Lipinski definition) is 3. The van der Waals surface area contributed by atoms with E-state index in [-0.39, 0.29) is 6.42 Å². The summed E-state index contributed by atoms with van der Waals surface area (Å²) in [5.74, 6) is -0.310. The molecule has 5 heteroatoms. The number of carbonyl (C=O) groups is 1. The number of nitrogens with zero attached hydrogens (tertiary/aromatic N) is 2. The van der Waals surface area contributed by atoms with E-state index in [1.54, 1.807) is 7.11 Å². The van der Waals surface area contributed by atoms with Gasteiger partial charge in [0.2, 0.25) is 0 Å². The molecule has 1 heterocycles. The molecule has 90 valence electrons. The van der Waals surface area contributed by atoms with Gasteiger partial charge in [0.05, 0.1) is 17.6 Å². The zero-order chi connectivity index (χ0) is 12.3. The monoisotopic (exact) mass is 234 g/mol. The predicted octanol–water partition coefficient (Wildman–Crippen LogP) is 1.31. The fraction of sp³-hybridized carbons (Fsp3) is 0.333. The minimum absolute atomic E-state index is 0.0710. The maximum absolute atomic E-state index is 10.8. The van der Waals surface area contributed by atoms with Crippen molar-refractivity contribution in [3.05, 3.63) is 30.1 Å². The van der Waals surface area contributed by atoms with Crippen molar-refractivity contribution >= 4 is 17.0 Å². The van der Waals surface area contributed by atoms with Crippen LogP contribution in [-0.2, 0) is 22.5 Å². The summed E-state index contributed by atoms with van der Waals surface area (Å²) in [4.78, 5) is 15.1. The second-order valence-electron chi connectivity index (χ2n) is 3.73. The summed E-state index contributed by atoms with van der Waals surface area (Å²) in [7, 11) is 1.62. The van der Waals surface area contributed by atoms with Crippen molar-refractivity contribution in [2.24, 2.45) is 0 Å². The minimum atomic E-state index is -0.876. The third kappa shape index (κ3) is 2.45. The van der Waals surface area contributed by atoms with Gasteiger partial charge in [0.15, 0.2) is 0 Å². The Bertz CT molecular complexity index is 534. The van der Waals surface area contributed by atoms with Gasteiger partial charge < -0.3 is 14.4 Å². The molecule has 2 aromatic rings. The number of imidazole rings is 1. The average molecular weight is 234 g/mol. The van der Waals surface area contributed by atoms with E-state index in [0.717, 1.165) is 11.0 Å². The molecule has 5 nitrogen and oxygen atoms in total. The number of carboxylic acid groups (broad SMARTS) is 1. The van der Waals surface area contributed by atoms with Crippen molar-refractivity contribution < 1.29 is 14.6 Å². The van der Waals surface area contributed by atoms with Gasteiger partial charge in [-0.05, 0) is 12.1 Å². The van der Waals surface area contributed by atoms with Crippen LogP contribution in [0.15, 0.2) is 24.3 Å². The van der Waals surface area contributed by atoms with Crippen LogP contribution in [0, 0.1) is 0 Å². The second kappa shape index (κ2) is 4.97. The van der Waals surface area contributed by atoms with Crippen LogP contribution >= 0.6 is 0 Å². The van der Waals surface area contributed by atoms with Crippen LogP contribution in [0.25, 0.3) is 11.0 Å². The SMILES string of the molecule is COCCn1c(CC(=O)O)nc2ccccc21. The van der Waals surface area contributed by atoms with Crippen LogP contribution < -0.4 is 0 Å². The third-order valence-corrected chi connectivity index (χ3v) is 2.56. The van der Waals surface area contributed by atoms with Gasteiger partial charge in [-0.1, -0.05) is 12.1 Å². The molecule has 0 unspecified atom stereocenters. The molecular formula is C12H14N2O3. The van der Waals surface area contributed by atoms with E-state index in [9.17, 15) is 4.79 Å². The zero-order valence-corrected chi connectivity index (χ0v) is 9.59. The quantitative estimate of drug-likeness (QED) is 0.847. The Kier molecular flexibility index (Phi) is 3.39. The summed E-state index contributed by atoms with van der Waals surface area (Å²) in [6, 6.07) is 7.62. The molecule has 17 heavy (non-hydrogen) atoms. The number of aromatic nitrogens is 2. The van der Waals surface area contributed by atoms with Crippen molar-refractivity contribution in [2.75, 3.05) is 13.7 Å². The van der Waals surface area contributed by atoms with Crippen molar-refractivity contribution in [1.82, 2.24) is 9.55 Å². The third-order valence-electron chi connectivity index (χ3n) is 2.56. The fourth-order valence-corrected chi connectivity index (χ4v) is 1.83. The zero-order valence-electron chi connectivity index (χ0n) is 9.59. The average Bonchev–Trinajstić information content (AvgIpc) is 2.63. The lowest BCUT2D eigenvalue weighted by Crippen LogP contribution is -2.12. The Morgan fingerprint density at radius 2 is 2.24 bits per heavy atom. The summed E-state index contributed by atoms with van der Waals surface area (Å²) in [5, 5.41) is 8.86. The predicted molar refractivity (Wildman–Crippen MR) is 62.9 cm³/mol. The van der Waals surface area contributed by atoms with Crippen molar-refractivity contribution in [1.29, 1.82) is 0 Å². The van der Waals surface area contributed by atoms with Crippen LogP contribution in [-0.4, -0.2) is 34.3 Å². The number of benzene rings is 1. The molecule has 1 aromatic heterocycles. The molecule has 0 aliphatic carbocycles. The molecule has 0 atom stereocenters. The lowest BCUT2D eigenvalue weighted by Gasteiger charge is -2.06. The van der Waals surface area contributed by atoms with Gasteiger partial charge >= 0.3 is 5.97 Å². The molecule has 0 saturated carbocycles. The van der Waals surface area contributed by atoms with E-state index in [2.05, 4.69) is 4.98 Å². The normalized spacial score (nSPS) is 10.9. The highest BCUT2D eigenvalue weighted by atomic mass is 16.5. The number of ether oxygens (including phenoxy) is 1. The van der Waals surface area contributed by atoms with Gasteiger partial charge in [-0.25, -0.2) is 4.98 Å². The molecule has 0 saturated heterocycles. The van der Waals surface area contributed by atoms with E-state index >= 15 is 0 Å². The summed E-state index contributed by atoms with van der Waals surface area (Å²) < 4.78 is 6.92. The first-order chi connectivity index (χ1) is 8.22. The van der Waals surface area contributed by atoms with Crippen LogP contribution in [0.4, 0.5) is 0 Å². The molecule has 2 rings (SSSR count). The van der Waals surface area contributed by atoms with Gasteiger partial charge in [-0.15, -0.1) is 0 Å². The van der Waals surface area contributed by atoms with Crippen molar-refractivity contribution in [3.63, 3.8) is 0 Å². The molecule has 0 spiro atoms. The number of carboxylic acids is 1. The van der Waals surface area contributed by atoms with E-state index < -0.39 is 5.97 Å². The Labute approximate surface area is 98.6 Å². The molecule has 0 amide bonds. The topological polar surface area (TPSA) is 64.3 Å². The molecule has 0 bridgehead atoms. The molecule has 1 N–H and O–H groups in total. The Balaban J connectivity index is 2.44. The van der Waals surface area contributed by atoms with Crippen LogP contribution in [0.2, 0.25) is 0 Å². The number of rotatable bonds is 5.